The maximum Gasteiger partial charge on any atom is 0.225 e. The fourth-order valence-corrected chi connectivity index (χ4v) is 3.15. The van der Waals surface area contributed by atoms with Gasteiger partial charge in [0, 0.05) is 48.2 Å². The molecule has 1 saturated carbocycles. The van der Waals surface area contributed by atoms with Gasteiger partial charge < -0.3 is 10.2 Å². The summed E-state index contributed by atoms with van der Waals surface area (Å²) in [5.74, 6) is 1.74. The van der Waals surface area contributed by atoms with Gasteiger partial charge in [0.05, 0.1) is 6.04 Å². The van der Waals surface area contributed by atoms with Crippen LogP contribution in [0.25, 0.3) is 11.4 Å². The smallest absolute Gasteiger partial charge is 0.225 e. The summed E-state index contributed by atoms with van der Waals surface area (Å²) in [5, 5.41) is 3.47. The van der Waals surface area contributed by atoms with Gasteiger partial charge in [0.25, 0.3) is 0 Å². The van der Waals surface area contributed by atoms with Gasteiger partial charge >= 0.3 is 0 Å². The first-order chi connectivity index (χ1) is 11.6. The first kappa shape index (κ1) is 15.1. The molecule has 1 aliphatic heterocycles. The van der Waals surface area contributed by atoms with E-state index in [2.05, 4.69) is 20.3 Å². The van der Waals surface area contributed by atoms with Gasteiger partial charge in [-0.25, -0.2) is 9.97 Å². The van der Waals surface area contributed by atoms with Gasteiger partial charge in [-0.3, -0.25) is 9.78 Å². The summed E-state index contributed by atoms with van der Waals surface area (Å²) in [5.41, 5.74) is 2.86. The average molecular weight is 323 g/mol. The number of hydrogen-bond donors (Lipinski definition) is 1. The van der Waals surface area contributed by atoms with Crippen LogP contribution in [-0.4, -0.2) is 44.4 Å². The summed E-state index contributed by atoms with van der Waals surface area (Å²) in [6.45, 7) is 4.77. The number of nitrogens with one attached hydrogen (secondary N) is 1. The average Bonchev–Trinajstić information content (AvgIpc) is 3.36. The van der Waals surface area contributed by atoms with E-state index >= 15 is 0 Å². The summed E-state index contributed by atoms with van der Waals surface area (Å²) in [6.07, 6.45) is 6.34. The number of aromatic nitrogens is 3. The van der Waals surface area contributed by atoms with Crippen LogP contribution in [0.1, 0.15) is 30.5 Å². The van der Waals surface area contributed by atoms with E-state index in [4.69, 9.17) is 0 Å². The Morgan fingerprint density at radius 1 is 1.25 bits per heavy atom. The van der Waals surface area contributed by atoms with Crippen LogP contribution in [-0.2, 0) is 4.79 Å². The van der Waals surface area contributed by atoms with Crippen molar-refractivity contribution in [2.75, 3.05) is 11.9 Å². The van der Waals surface area contributed by atoms with Crippen molar-refractivity contribution in [1.82, 2.24) is 19.9 Å². The molecule has 24 heavy (non-hydrogen) atoms. The molecule has 2 aromatic rings. The third kappa shape index (κ3) is 2.84. The van der Waals surface area contributed by atoms with Crippen molar-refractivity contribution in [2.45, 2.75) is 45.2 Å². The second-order valence-electron chi connectivity index (χ2n) is 6.67. The number of hydrogen-bond acceptors (Lipinski definition) is 5. The van der Waals surface area contributed by atoms with E-state index in [1.54, 1.807) is 12.4 Å². The third-order valence-corrected chi connectivity index (χ3v) is 4.80. The molecule has 2 aromatic heterocycles. The highest BCUT2D eigenvalue weighted by molar-refractivity contribution is 5.80. The van der Waals surface area contributed by atoms with Crippen LogP contribution in [0.2, 0.25) is 0 Å². The van der Waals surface area contributed by atoms with E-state index in [1.807, 2.05) is 30.9 Å². The minimum absolute atomic E-state index is 0.118. The van der Waals surface area contributed by atoms with Crippen LogP contribution in [0, 0.1) is 13.8 Å². The summed E-state index contributed by atoms with van der Waals surface area (Å²) >= 11 is 0. The second-order valence-corrected chi connectivity index (χ2v) is 6.67. The number of amides is 1. The maximum absolute atomic E-state index is 12.1. The highest BCUT2D eigenvalue weighted by Gasteiger charge is 2.39. The second kappa shape index (κ2) is 5.85. The van der Waals surface area contributed by atoms with Crippen LogP contribution in [0.5, 0.6) is 0 Å². The molecule has 2 aliphatic rings. The topological polar surface area (TPSA) is 71.0 Å². The van der Waals surface area contributed by atoms with Crippen LogP contribution < -0.4 is 5.32 Å². The molecule has 1 amide bonds. The van der Waals surface area contributed by atoms with Crippen LogP contribution in [0.15, 0.2) is 24.5 Å². The lowest BCUT2D eigenvalue weighted by atomic mass is 10.2. The van der Waals surface area contributed by atoms with Gasteiger partial charge in [-0.05, 0) is 38.8 Å². The molecule has 1 aliphatic carbocycles. The highest BCUT2D eigenvalue weighted by atomic mass is 16.2. The predicted octanol–water partition coefficient (Wildman–Crippen LogP) is 2.33. The molecule has 2 fully saturated rings. The number of rotatable bonds is 4. The Hall–Kier alpha value is -2.50. The molecule has 124 valence electrons. The number of carbonyl (C=O) groups is 1. The van der Waals surface area contributed by atoms with Crippen LogP contribution in [0.4, 0.5) is 5.82 Å². The van der Waals surface area contributed by atoms with Crippen LogP contribution >= 0.6 is 0 Å². The van der Waals surface area contributed by atoms with Crippen molar-refractivity contribution in [1.29, 1.82) is 0 Å². The summed E-state index contributed by atoms with van der Waals surface area (Å²) < 4.78 is 0. The molecule has 1 N–H and O–H groups in total. The van der Waals surface area contributed by atoms with Gasteiger partial charge in [0.2, 0.25) is 5.91 Å². The third-order valence-electron chi connectivity index (χ3n) is 4.80. The van der Waals surface area contributed by atoms with Gasteiger partial charge in [0.15, 0.2) is 5.82 Å². The van der Waals surface area contributed by atoms with E-state index in [0.717, 1.165) is 42.0 Å². The minimum atomic E-state index is 0.118. The first-order valence-corrected chi connectivity index (χ1v) is 8.43. The summed E-state index contributed by atoms with van der Waals surface area (Å²) in [7, 11) is 0. The lowest BCUT2D eigenvalue weighted by Gasteiger charge is -2.18. The zero-order valence-corrected chi connectivity index (χ0v) is 14.0. The molecule has 1 atom stereocenters. The number of likely N-dealkylation sites (tertiary alicyclic amines) is 1. The zero-order chi connectivity index (χ0) is 16.7. The molecule has 0 radical (unpaired) electrons. The maximum atomic E-state index is 12.1. The van der Waals surface area contributed by atoms with E-state index < -0.39 is 0 Å². The van der Waals surface area contributed by atoms with Crippen molar-refractivity contribution >= 4 is 11.7 Å². The fraction of sp³-hybridized carbons (Fsp3) is 0.444. The molecule has 0 bridgehead atoms. The Balaban J connectivity index is 1.58. The van der Waals surface area contributed by atoms with Crippen molar-refractivity contribution in [3.05, 3.63) is 35.8 Å². The summed E-state index contributed by atoms with van der Waals surface area (Å²) in [4.78, 5) is 27.6. The molecule has 4 rings (SSSR count). The number of aryl methyl sites for hydroxylation is 1. The van der Waals surface area contributed by atoms with Gasteiger partial charge in [-0.2, -0.15) is 0 Å². The monoisotopic (exact) mass is 323 g/mol. The molecule has 0 spiro atoms. The molecular formula is C18H21N5O. The number of pyridine rings is 1. The molecule has 6 nitrogen and oxygen atoms in total. The number of carbonyl (C=O) groups excluding carboxylic acids is 1. The Morgan fingerprint density at radius 2 is 2.08 bits per heavy atom. The number of nitrogens with zero attached hydrogens (tertiary/aromatic N) is 4. The Labute approximate surface area is 141 Å². The SMILES string of the molecule is Cc1nc(-c2cccnc2)nc(NC2CC(=O)N(C3CC3)C2)c1C. The van der Waals surface area contributed by atoms with E-state index in [1.165, 1.54) is 0 Å². The Kier molecular flexibility index (Phi) is 3.67. The number of anilines is 1. The fourth-order valence-electron chi connectivity index (χ4n) is 3.15. The van der Waals surface area contributed by atoms with E-state index in [9.17, 15) is 4.79 Å². The highest BCUT2D eigenvalue weighted by Crippen LogP contribution is 2.32. The standard InChI is InChI=1S/C18H21N5O/c1-11-12(2)20-18(13-4-3-7-19-9-13)22-17(11)21-14-8-16(24)23(10-14)15-5-6-15/h3-4,7,9,14-15H,5-6,8,10H2,1-2H3,(H,20,21,22). The van der Waals surface area contributed by atoms with Crippen molar-refractivity contribution in [3.8, 4) is 11.4 Å². The lowest BCUT2D eigenvalue weighted by Crippen LogP contribution is -2.30. The van der Waals surface area contributed by atoms with Gasteiger partial charge in [-0.1, -0.05) is 0 Å². The molecule has 6 heteroatoms. The molecule has 3 heterocycles. The van der Waals surface area contributed by atoms with Gasteiger partial charge in [-0.15, -0.1) is 0 Å². The molecular weight excluding hydrogens is 302 g/mol. The molecule has 1 unspecified atom stereocenters. The lowest BCUT2D eigenvalue weighted by molar-refractivity contribution is -0.128. The minimum Gasteiger partial charge on any atom is -0.365 e. The Morgan fingerprint density at radius 3 is 2.79 bits per heavy atom. The van der Waals surface area contributed by atoms with E-state index in [-0.39, 0.29) is 11.9 Å². The molecule has 0 aromatic carbocycles. The normalized spacial score (nSPS) is 20.5. The Bertz CT molecular complexity index is 772. The summed E-state index contributed by atoms with van der Waals surface area (Å²) in [6, 6.07) is 4.43. The van der Waals surface area contributed by atoms with Crippen molar-refractivity contribution < 1.29 is 4.79 Å². The largest absolute Gasteiger partial charge is 0.365 e. The van der Waals surface area contributed by atoms with Crippen molar-refractivity contribution in [2.24, 2.45) is 0 Å². The van der Waals surface area contributed by atoms with Crippen molar-refractivity contribution in [3.63, 3.8) is 0 Å². The molecule has 1 saturated heterocycles. The predicted molar refractivity (Wildman–Crippen MR) is 91.5 cm³/mol. The van der Waals surface area contributed by atoms with E-state index in [0.29, 0.717) is 18.3 Å². The first-order valence-electron chi connectivity index (χ1n) is 8.43. The van der Waals surface area contributed by atoms with Crippen LogP contribution in [0.3, 0.4) is 0 Å². The quantitative estimate of drug-likeness (QED) is 0.935. The zero-order valence-electron chi connectivity index (χ0n) is 14.0. The van der Waals surface area contributed by atoms with Gasteiger partial charge in [0.1, 0.15) is 5.82 Å².